The molecule has 3 N–H and O–H groups in total. The minimum Gasteiger partial charge on any atom is -0.489 e. The van der Waals surface area contributed by atoms with E-state index in [1.807, 2.05) is 0 Å². The predicted octanol–water partition coefficient (Wildman–Crippen LogP) is 10.0. The van der Waals surface area contributed by atoms with Gasteiger partial charge >= 0.3 is 15.2 Å². The number of hydrogen-bond donors (Lipinski definition) is 3. The first-order valence-corrected chi connectivity index (χ1v) is 22.4. The van der Waals surface area contributed by atoms with Crippen molar-refractivity contribution in [1.82, 2.24) is 0 Å². The molecule has 10 heteroatoms. The van der Waals surface area contributed by atoms with Crippen molar-refractivity contribution < 1.29 is 37.8 Å². The van der Waals surface area contributed by atoms with E-state index in [1.54, 1.807) is 36.4 Å². The highest BCUT2D eigenvalue weighted by Crippen LogP contribution is 2.49. The van der Waals surface area contributed by atoms with Crippen molar-refractivity contribution >= 4 is 44.8 Å². The number of hydrogen-bond acceptors (Lipinski definition) is 5. The highest BCUT2D eigenvalue weighted by atomic mass is 31.2. The maximum absolute atomic E-state index is 11.4. The molecule has 0 radical (unpaired) electrons. The van der Waals surface area contributed by atoms with Crippen LogP contribution in [-0.4, -0.2) is 21.3 Å². The summed E-state index contributed by atoms with van der Waals surface area (Å²) in [5.41, 5.74) is 12.7. The third kappa shape index (κ3) is 7.56. The SMILES string of the molecule is CP(=O)(O)Oc1ccc(OCc2ccc3c4c2C=CC2C=CC=C(C=C3)C42)cc1.O=P(O)(O)c1ccc(OCc2ccc3c4c2C=CC2C=CC=C(C=C3)C42)cc1. The quantitative estimate of drug-likeness (QED) is 0.143. The Hall–Kier alpha value is -5.46. The molecule has 57 heavy (non-hydrogen) atoms. The first-order chi connectivity index (χ1) is 27.5. The van der Waals surface area contributed by atoms with Crippen LogP contribution in [0.25, 0.3) is 24.3 Å². The number of benzene rings is 4. The van der Waals surface area contributed by atoms with Crippen LogP contribution < -0.4 is 19.3 Å². The molecule has 0 amide bonds. The molecule has 10 rings (SSSR count). The Kier molecular flexibility index (Phi) is 9.64. The first kappa shape index (κ1) is 37.1. The van der Waals surface area contributed by atoms with E-state index in [2.05, 4.69) is 109 Å². The van der Waals surface area contributed by atoms with E-state index in [-0.39, 0.29) is 5.30 Å². The highest BCUT2D eigenvalue weighted by Gasteiger charge is 2.34. The van der Waals surface area contributed by atoms with Crippen LogP contribution in [0.15, 0.2) is 145 Å². The third-order valence-corrected chi connectivity index (χ3v) is 12.6. The Bertz CT molecular complexity index is 2610. The van der Waals surface area contributed by atoms with Crippen molar-refractivity contribution in [2.75, 3.05) is 6.66 Å². The van der Waals surface area contributed by atoms with Crippen LogP contribution in [-0.2, 0) is 22.3 Å². The summed E-state index contributed by atoms with van der Waals surface area (Å²) in [4.78, 5) is 27.7. The van der Waals surface area contributed by atoms with Gasteiger partial charge in [-0.1, -0.05) is 109 Å². The van der Waals surface area contributed by atoms with Crippen LogP contribution in [0.4, 0.5) is 0 Å². The molecule has 4 aromatic carbocycles. The van der Waals surface area contributed by atoms with Crippen LogP contribution in [0.1, 0.15) is 56.3 Å². The summed E-state index contributed by atoms with van der Waals surface area (Å²) in [5, 5.41) is -0.00541. The zero-order chi connectivity index (χ0) is 39.3. The van der Waals surface area contributed by atoms with E-state index in [4.69, 9.17) is 14.0 Å². The monoisotopic (exact) mass is 794 g/mol. The molecule has 0 saturated carbocycles. The van der Waals surface area contributed by atoms with E-state index in [1.165, 1.54) is 56.7 Å². The Morgan fingerprint density at radius 2 is 1.00 bits per heavy atom. The number of ether oxygens (including phenoxy) is 2. The largest absolute Gasteiger partial charge is 0.489 e. The van der Waals surface area contributed by atoms with Gasteiger partial charge in [0.25, 0.3) is 0 Å². The molecule has 0 spiro atoms. The summed E-state index contributed by atoms with van der Waals surface area (Å²) in [7, 11) is -7.79. The van der Waals surface area contributed by atoms with Crippen molar-refractivity contribution in [2.45, 2.75) is 25.0 Å². The van der Waals surface area contributed by atoms with Gasteiger partial charge in [0, 0.05) is 30.3 Å². The molecule has 0 fully saturated rings. The summed E-state index contributed by atoms with van der Waals surface area (Å²) in [5.74, 6) is 3.18. The fraction of sp³-hybridized carbons (Fsp3) is 0.149. The Morgan fingerprint density at radius 1 is 0.544 bits per heavy atom. The molecule has 0 aromatic heterocycles. The number of rotatable bonds is 9. The van der Waals surface area contributed by atoms with Crippen LogP contribution >= 0.6 is 15.2 Å². The van der Waals surface area contributed by atoms with Gasteiger partial charge < -0.3 is 28.7 Å². The van der Waals surface area contributed by atoms with Gasteiger partial charge in [-0.15, -0.1) is 0 Å². The van der Waals surface area contributed by atoms with Gasteiger partial charge in [-0.3, -0.25) is 4.57 Å². The Balaban J connectivity index is 0.000000148. The van der Waals surface area contributed by atoms with Gasteiger partial charge in [-0.05, 0) is 104 Å². The molecule has 0 aliphatic heterocycles. The minimum atomic E-state index is -4.23. The average Bonchev–Trinajstić information content (AvgIpc) is 3.21. The lowest BCUT2D eigenvalue weighted by molar-refractivity contribution is 0.305. The van der Waals surface area contributed by atoms with E-state index in [9.17, 15) is 23.8 Å². The topological polar surface area (TPSA) is 123 Å². The standard InChI is InChI=1S/C24H21O4P.C23H19O4P/c1-29(25,26)28-21-12-10-20(11-13-21)27-15-19-8-7-18-6-5-16-3-2-4-17-9-14-22(19)24(18)23(16)17;24-28(25,26)20-11-9-19(10-12-20)27-14-18-7-6-17-5-4-15-2-1-3-16-8-13-21(18)23(17)22(15)16/h2-14,17,23H,15H2,1H3,(H,25,26);1-13,16,22H,14H2,(H2,24,25,26). The maximum atomic E-state index is 11.4. The molecular weight excluding hydrogens is 754 g/mol. The van der Waals surface area contributed by atoms with Crippen molar-refractivity contribution in [3.8, 4) is 17.2 Å². The van der Waals surface area contributed by atoms with E-state index in [0.717, 1.165) is 17.8 Å². The van der Waals surface area contributed by atoms with Crippen LogP contribution in [0.3, 0.4) is 0 Å². The molecule has 6 aliphatic carbocycles. The smallest absolute Gasteiger partial charge is 0.373 e. The summed E-state index contributed by atoms with van der Waals surface area (Å²) in [6.45, 7) is 2.02. The molecule has 6 aliphatic rings. The van der Waals surface area contributed by atoms with E-state index in [0.29, 0.717) is 54.1 Å². The molecule has 5 unspecified atom stereocenters. The molecular formula is C47H40O8P2. The van der Waals surface area contributed by atoms with Crippen LogP contribution in [0.2, 0.25) is 0 Å². The summed E-state index contributed by atoms with van der Waals surface area (Å²) in [6, 6.07) is 21.3. The lowest BCUT2D eigenvalue weighted by Crippen LogP contribution is -2.21. The lowest BCUT2D eigenvalue weighted by Gasteiger charge is -2.35. The van der Waals surface area contributed by atoms with Crippen molar-refractivity contribution in [3.05, 3.63) is 189 Å². The maximum Gasteiger partial charge on any atom is 0.373 e. The lowest BCUT2D eigenvalue weighted by atomic mass is 9.68. The van der Waals surface area contributed by atoms with Gasteiger partial charge in [0.05, 0.1) is 5.30 Å². The molecule has 0 saturated heterocycles. The van der Waals surface area contributed by atoms with Gasteiger partial charge in [-0.25, -0.2) is 4.57 Å². The van der Waals surface area contributed by atoms with E-state index < -0.39 is 15.2 Å². The predicted molar refractivity (Wildman–Crippen MR) is 226 cm³/mol. The molecule has 8 nitrogen and oxygen atoms in total. The molecule has 5 atom stereocenters. The zero-order valence-electron chi connectivity index (χ0n) is 31.0. The van der Waals surface area contributed by atoms with E-state index >= 15 is 0 Å². The second-order valence-electron chi connectivity index (χ2n) is 14.9. The van der Waals surface area contributed by atoms with Gasteiger partial charge in [-0.2, -0.15) is 0 Å². The fourth-order valence-electron chi connectivity index (χ4n) is 8.52. The highest BCUT2D eigenvalue weighted by molar-refractivity contribution is 7.60. The molecule has 286 valence electrons. The summed E-state index contributed by atoms with van der Waals surface area (Å²) < 4.78 is 39.6. The fourth-order valence-corrected chi connectivity index (χ4v) is 9.57. The van der Waals surface area contributed by atoms with Crippen LogP contribution in [0, 0.1) is 11.8 Å². The molecule has 4 aromatic rings. The summed E-state index contributed by atoms with van der Waals surface area (Å²) in [6.07, 6.45) is 31.0. The summed E-state index contributed by atoms with van der Waals surface area (Å²) >= 11 is 0. The second kappa shape index (κ2) is 14.8. The van der Waals surface area contributed by atoms with Crippen molar-refractivity contribution in [2.24, 2.45) is 11.8 Å². The third-order valence-electron chi connectivity index (χ3n) is 11.1. The molecule has 0 heterocycles. The number of allylic oxidation sites excluding steroid dienone is 12. The zero-order valence-corrected chi connectivity index (χ0v) is 32.8. The normalized spacial score (nSPS) is 21.9. The van der Waals surface area contributed by atoms with Gasteiger partial charge in [0.15, 0.2) is 0 Å². The van der Waals surface area contributed by atoms with Crippen LogP contribution in [0.5, 0.6) is 17.2 Å². The minimum absolute atomic E-state index is 0.00541. The van der Waals surface area contributed by atoms with Gasteiger partial charge in [0.1, 0.15) is 30.5 Å². The van der Waals surface area contributed by atoms with Crippen molar-refractivity contribution in [3.63, 3.8) is 0 Å². The first-order valence-electron chi connectivity index (χ1n) is 18.8. The van der Waals surface area contributed by atoms with Gasteiger partial charge in [0.2, 0.25) is 0 Å². The van der Waals surface area contributed by atoms with Crippen molar-refractivity contribution in [1.29, 1.82) is 0 Å². The Morgan fingerprint density at radius 3 is 1.46 bits per heavy atom. The molecule has 0 bridgehead atoms. The second-order valence-corrected chi connectivity index (χ2v) is 18.3. The average molecular weight is 795 g/mol. The Labute approximate surface area is 331 Å².